The fourth-order valence-corrected chi connectivity index (χ4v) is 3.19. The summed E-state index contributed by atoms with van der Waals surface area (Å²) < 4.78 is 0. The van der Waals surface area contributed by atoms with Gasteiger partial charge in [0.1, 0.15) is 0 Å². The van der Waals surface area contributed by atoms with Crippen LogP contribution in [-0.4, -0.2) is 42.3 Å². The second-order valence-corrected chi connectivity index (χ2v) is 7.02. The molecule has 0 bridgehead atoms. The number of benzene rings is 1. The normalized spacial score (nSPS) is 19.7. The third-order valence-corrected chi connectivity index (χ3v) is 4.86. The van der Waals surface area contributed by atoms with Crippen LogP contribution in [-0.2, 0) is 6.42 Å². The Kier molecular flexibility index (Phi) is 6.90. The molecule has 0 aromatic heterocycles. The maximum atomic E-state index is 12.4. The van der Waals surface area contributed by atoms with Crippen LogP contribution in [0.15, 0.2) is 30.3 Å². The van der Waals surface area contributed by atoms with Gasteiger partial charge in [0.25, 0.3) is 0 Å². The highest BCUT2D eigenvalue weighted by atomic mass is 16.3. The number of aliphatic hydroxyl groups excluding tert-OH is 1. The van der Waals surface area contributed by atoms with Gasteiger partial charge in [0.05, 0.1) is 0 Å². The van der Waals surface area contributed by atoms with E-state index < -0.39 is 0 Å². The smallest absolute Gasteiger partial charge is 0.317 e. The highest BCUT2D eigenvalue weighted by molar-refractivity contribution is 5.74. The van der Waals surface area contributed by atoms with E-state index in [0.717, 1.165) is 25.8 Å². The SMILES string of the molecule is CC(C)C(CNC(=O)N1CCCC(CO)C1)Cc1ccccc1. The number of nitrogens with zero attached hydrogens (tertiary/aromatic N) is 1. The summed E-state index contributed by atoms with van der Waals surface area (Å²) in [7, 11) is 0. The largest absolute Gasteiger partial charge is 0.396 e. The van der Waals surface area contributed by atoms with Gasteiger partial charge in [0.15, 0.2) is 0 Å². The highest BCUT2D eigenvalue weighted by Crippen LogP contribution is 2.18. The zero-order valence-electron chi connectivity index (χ0n) is 14.4. The number of rotatable bonds is 6. The quantitative estimate of drug-likeness (QED) is 0.847. The molecule has 1 aromatic rings. The molecule has 1 aromatic carbocycles. The Labute approximate surface area is 139 Å². The summed E-state index contributed by atoms with van der Waals surface area (Å²) in [6, 6.07) is 10.5. The van der Waals surface area contributed by atoms with Crippen molar-refractivity contribution in [3.8, 4) is 0 Å². The molecular weight excluding hydrogens is 288 g/mol. The van der Waals surface area contributed by atoms with Crippen molar-refractivity contribution in [2.75, 3.05) is 26.2 Å². The molecular formula is C19H30N2O2. The predicted molar refractivity (Wildman–Crippen MR) is 93.3 cm³/mol. The molecule has 1 aliphatic rings. The van der Waals surface area contributed by atoms with Crippen LogP contribution in [0.25, 0.3) is 0 Å². The average molecular weight is 318 g/mol. The zero-order chi connectivity index (χ0) is 16.7. The van der Waals surface area contributed by atoms with E-state index in [9.17, 15) is 9.90 Å². The minimum atomic E-state index is 0.0156. The first kappa shape index (κ1) is 17.8. The van der Waals surface area contributed by atoms with Gasteiger partial charge < -0.3 is 15.3 Å². The number of piperidine rings is 1. The van der Waals surface area contributed by atoms with Crippen molar-refractivity contribution >= 4 is 6.03 Å². The van der Waals surface area contributed by atoms with Gasteiger partial charge in [-0.3, -0.25) is 0 Å². The molecule has 128 valence electrons. The molecule has 23 heavy (non-hydrogen) atoms. The summed E-state index contributed by atoms with van der Waals surface area (Å²) in [4.78, 5) is 14.2. The molecule has 4 heteroatoms. The van der Waals surface area contributed by atoms with Crippen LogP contribution in [0.3, 0.4) is 0 Å². The maximum Gasteiger partial charge on any atom is 0.317 e. The number of carbonyl (C=O) groups excluding carboxylic acids is 1. The number of aliphatic hydroxyl groups is 1. The van der Waals surface area contributed by atoms with Crippen LogP contribution >= 0.6 is 0 Å². The Morgan fingerprint density at radius 3 is 2.74 bits per heavy atom. The number of carbonyl (C=O) groups is 1. The molecule has 0 radical (unpaired) electrons. The summed E-state index contributed by atoms with van der Waals surface area (Å²) in [5.74, 6) is 1.18. The Morgan fingerprint density at radius 2 is 2.09 bits per heavy atom. The third kappa shape index (κ3) is 5.54. The number of amides is 2. The van der Waals surface area contributed by atoms with Crippen LogP contribution in [0.4, 0.5) is 4.79 Å². The summed E-state index contributed by atoms with van der Waals surface area (Å²) in [5, 5.41) is 12.4. The standard InChI is InChI=1S/C19H30N2O2/c1-15(2)18(11-16-7-4-3-5-8-16)12-20-19(23)21-10-6-9-17(13-21)14-22/h3-5,7-8,15,17-18,22H,6,9-14H2,1-2H3,(H,20,23). The molecule has 1 aliphatic heterocycles. The molecule has 4 nitrogen and oxygen atoms in total. The van der Waals surface area contributed by atoms with Crippen LogP contribution in [0.1, 0.15) is 32.3 Å². The molecule has 0 aliphatic carbocycles. The first-order valence-electron chi connectivity index (χ1n) is 8.77. The van der Waals surface area contributed by atoms with Crippen molar-refractivity contribution in [1.82, 2.24) is 10.2 Å². The molecule has 2 amide bonds. The molecule has 1 saturated heterocycles. The fourth-order valence-electron chi connectivity index (χ4n) is 3.19. The molecule has 0 spiro atoms. The predicted octanol–water partition coefficient (Wildman–Crippen LogP) is 2.92. The first-order valence-corrected chi connectivity index (χ1v) is 8.77. The summed E-state index contributed by atoms with van der Waals surface area (Å²) in [6.45, 7) is 6.77. The molecule has 2 unspecified atom stereocenters. The van der Waals surface area contributed by atoms with E-state index >= 15 is 0 Å². The van der Waals surface area contributed by atoms with E-state index in [1.54, 1.807) is 0 Å². The van der Waals surface area contributed by atoms with E-state index in [4.69, 9.17) is 0 Å². The van der Waals surface area contributed by atoms with Gasteiger partial charge in [-0.25, -0.2) is 4.79 Å². The van der Waals surface area contributed by atoms with E-state index in [0.29, 0.717) is 24.9 Å². The van der Waals surface area contributed by atoms with Gasteiger partial charge in [0, 0.05) is 26.2 Å². The first-order chi connectivity index (χ1) is 11.1. The fraction of sp³-hybridized carbons (Fsp3) is 0.632. The Balaban J connectivity index is 1.84. The van der Waals surface area contributed by atoms with E-state index in [2.05, 4.69) is 43.4 Å². The van der Waals surface area contributed by atoms with Crippen LogP contribution in [0.2, 0.25) is 0 Å². The molecule has 2 N–H and O–H groups in total. The maximum absolute atomic E-state index is 12.4. The third-order valence-electron chi connectivity index (χ3n) is 4.86. The Bertz CT molecular complexity index is 476. The van der Waals surface area contributed by atoms with Crippen molar-refractivity contribution in [2.24, 2.45) is 17.8 Å². The van der Waals surface area contributed by atoms with Crippen molar-refractivity contribution in [3.63, 3.8) is 0 Å². The lowest BCUT2D eigenvalue weighted by Gasteiger charge is -2.32. The van der Waals surface area contributed by atoms with Crippen LogP contribution in [0, 0.1) is 17.8 Å². The summed E-state index contributed by atoms with van der Waals surface area (Å²) in [6.07, 6.45) is 2.98. The number of hydrogen-bond donors (Lipinski definition) is 2. The second-order valence-electron chi connectivity index (χ2n) is 7.02. The number of hydrogen-bond acceptors (Lipinski definition) is 2. The Hall–Kier alpha value is -1.55. The van der Waals surface area contributed by atoms with E-state index in [-0.39, 0.29) is 18.6 Å². The van der Waals surface area contributed by atoms with Crippen molar-refractivity contribution in [3.05, 3.63) is 35.9 Å². The van der Waals surface area contributed by atoms with Gasteiger partial charge >= 0.3 is 6.03 Å². The lowest BCUT2D eigenvalue weighted by Crippen LogP contribution is -2.47. The van der Waals surface area contributed by atoms with E-state index in [1.807, 2.05) is 11.0 Å². The minimum Gasteiger partial charge on any atom is -0.396 e. The number of likely N-dealkylation sites (tertiary alicyclic amines) is 1. The Morgan fingerprint density at radius 1 is 1.35 bits per heavy atom. The topological polar surface area (TPSA) is 52.6 Å². The number of nitrogens with one attached hydrogen (secondary N) is 1. The molecule has 1 heterocycles. The molecule has 2 rings (SSSR count). The molecule has 1 fully saturated rings. The van der Waals surface area contributed by atoms with Crippen molar-refractivity contribution in [2.45, 2.75) is 33.1 Å². The van der Waals surface area contributed by atoms with Crippen molar-refractivity contribution < 1.29 is 9.90 Å². The van der Waals surface area contributed by atoms with Gasteiger partial charge in [-0.05, 0) is 42.6 Å². The van der Waals surface area contributed by atoms with Crippen molar-refractivity contribution in [1.29, 1.82) is 0 Å². The molecule has 0 saturated carbocycles. The summed E-state index contributed by atoms with van der Waals surface area (Å²) >= 11 is 0. The van der Waals surface area contributed by atoms with Gasteiger partial charge in [0.2, 0.25) is 0 Å². The van der Waals surface area contributed by atoms with Gasteiger partial charge in [-0.2, -0.15) is 0 Å². The average Bonchev–Trinajstić information content (AvgIpc) is 2.59. The zero-order valence-corrected chi connectivity index (χ0v) is 14.4. The van der Waals surface area contributed by atoms with E-state index in [1.165, 1.54) is 5.56 Å². The lowest BCUT2D eigenvalue weighted by atomic mass is 9.89. The van der Waals surface area contributed by atoms with Gasteiger partial charge in [-0.1, -0.05) is 44.2 Å². The van der Waals surface area contributed by atoms with Gasteiger partial charge in [-0.15, -0.1) is 0 Å². The monoisotopic (exact) mass is 318 g/mol. The van der Waals surface area contributed by atoms with Crippen LogP contribution in [0.5, 0.6) is 0 Å². The van der Waals surface area contributed by atoms with Crippen LogP contribution < -0.4 is 5.32 Å². The minimum absolute atomic E-state index is 0.0156. The molecule has 2 atom stereocenters. The lowest BCUT2D eigenvalue weighted by molar-refractivity contribution is 0.128. The number of urea groups is 1. The second kappa shape index (κ2) is 8.92. The highest BCUT2D eigenvalue weighted by Gasteiger charge is 2.24. The summed E-state index contributed by atoms with van der Waals surface area (Å²) in [5.41, 5.74) is 1.32.